The fourth-order valence-electron chi connectivity index (χ4n) is 4.03. The van der Waals surface area contributed by atoms with Gasteiger partial charge in [0.25, 0.3) is 0 Å². The Morgan fingerprint density at radius 1 is 0.886 bits per heavy atom. The summed E-state index contributed by atoms with van der Waals surface area (Å²) in [5, 5.41) is 10.4. The van der Waals surface area contributed by atoms with Crippen molar-refractivity contribution < 1.29 is 23.8 Å². The number of unbranched alkanes of at least 4 members (excludes halogenated alkanes) is 9. The van der Waals surface area contributed by atoms with Crippen molar-refractivity contribution in [2.24, 2.45) is 0 Å². The molecule has 0 spiro atoms. The van der Waals surface area contributed by atoms with E-state index in [4.69, 9.17) is 13.9 Å². The van der Waals surface area contributed by atoms with Gasteiger partial charge < -0.3 is 19.0 Å². The first-order valence-corrected chi connectivity index (χ1v) is 12.7. The lowest BCUT2D eigenvalue weighted by atomic mass is 10.1. The Morgan fingerprint density at radius 3 is 2.23 bits per heavy atom. The van der Waals surface area contributed by atoms with Crippen molar-refractivity contribution in [3.05, 3.63) is 58.8 Å². The summed E-state index contributed by atoms with van der Waals surface area (Å²) in [6.07, 6.45) is 12.2. The number of esters is 1. The zero-order valence-electron chi connectivity index (χ0n) is 20.6. The van der Waals surface area contributed by atoms with Crippen LogP contribution in [-0.4, -0.2) is 24.3 Å². The molecule has 1 heterocycles. The van der Waals surface area contributed by atoms with Gasteiger partial charge in [0.15, 0.2) is 12.0 Å². The predicted molar refractivity (Wildman–Crippen MR) is 138 cm³/mol. The van der Waals surface area contributed by atoms with Gasteiger partial charge in [-0.3, -0.25) is 4.79 Å². The van der Waals surface area contributed by atoms with Crippen LogP contribution in [0.1, 0.15) is 71.1 Å². The maximum Gasteiger partial charge on any atom is 0.344 e. The Morgan fingerprint density at radius 2 is 1.54 bits per heavy atom. The van der Waals surface area contributed by atoms with Crippen LogP contribution in [-0.2, 0) is 9.53 Å². The van der Waals surface area contributed by atoms with Crippen molar-refractivity contribution >= 4 is 16.9 Å². The fraction of sp³-hybridized carbons (Fsp3) is 0.448. The number of benzene rings is 2. The second kappa shape index (κ2) is 14.2. The van der Waals surface area contributed by atoms with Gasteiger partial charge in [0.1, 0.15) is 28.2 Å². The third-order valence-corrected chi connectivity index (χ3v) is 5.96. The first kappa shape index (κ1) is 26.3. The molecule has 6 nitrogen and oxygen atoms in total. The third-order valence-electron chi connectivity index (χ3n) is 5.96. The third kappa shape index (κ3) is 8.46. The summed E-state index contributed by atoms with van der Waals surface area (Å²) in [4.78, 5) is 24.6. The number of fused-ring (bicyclic) bond motifs is 1. The van der Waals surface area contributed by atoms with Gasteiger partial charge in [-0.15, -0.1) is 0 Å². The lowest BCUT2D eigenvalue weighted by Gasteiger charge is -2.09. The molecule has 3 rings (SSSR count). The molecule has 0 radical (unpaired) electrons. The highest BCUT2D eigenvalue weighted by atomic mass is 16.6. The molecular weight excluding hydrogens is 444 g/mol. The lowest BCUT2D eigenvalue weighted by Crippen LogP contribution is -2.15. The molecule has 1 N–H and O–H groups in total. The highest BCUT2D eigenvalue weighted by Crippen LogP contribution is 2.31. The monoisotopic (exact) mass is 480 g/mol. The van der Waals surface area contributed by atoms with Gasteiger partial charge in [-0.05, 0) is 6.42 Å². The van der Waals surface area contributed by atoms with Crippen LogP contribution in [0.5, 0.6) is 11.5 Å². The number of phenolic OH excluding ortho intramolecular Hbond substituents is 1. The van der Waals surface area contributed by atoms with E-state index < -0.39 is 5.97 Å². The number of aromatic hydroxyl groups is 1. The molecule has 0 amide bonds. The van der Waals surface area contributed by atoms with Crippen molar-refractivity contribution in [3.8, 4) is 22.8 Å². The summed E-state index contributed by atoms with van der Waals surface area (Å²) < 4.78 is 16.6. The number of hydrogen-bond donors (Lipinski definition) is 1. The van der Waals surface area contributed by atoms with Crippen LogP contribution in [0.2, 0.25) is 0 Å². The molecule has 35 heavy (non-hydrogen) atoms. The minimum Gasteiger partial charge on any atom is -0.507 e. The number of carbonyl (C=O) groups excluding carboxylic acids is 1. The average Bonchev–Trinajstić information content (AvgIpc) is 2.86. The van der Waals surface area contributed by atoms with E-state index in [0.717, 1.165) is 24.8 Å². The van der Waals surface area contributed by atoms with Gasteiger partial charge in [-0.2, -0.15) is 0 Å². The fourth-order valence-corrected chi connectivity index (χ4v) is 4.03. The van der Waals surface area contributed by atoms with Crippen molar-refractivity contribution in [1.29, 1.82) is 0 Å². The molecule has 3 aromatic rings. The summed E-state index contributed by atoms with van der Waals surface area (Å²) in [7, 11) is 0. The number of phenols is 1. The zero-order valence-corrected chi connectivity index (χ0v) is 20.6. The van der Waals surface area contributed by atoms with Crippen molar-refractivity contribution in [2.75, 3.05) is 13.2 Å². The molecule has 2 aromatic carbocycles. The highest BCUT2D eigenvalue weighted by molar-refractivity contribution is 5.86. The van der Waals surface area contributed by atoms with Crippen LogP contribution < -0.4 is 10.2 Å². The Bertz CT molecular complexity index is 1120. The van der Waals surface area contributed by atoms with E-state index >= 15 is 0 Å². The molecule has 6 heteroatoms. The van der Waals surface area contributed by atoms with Crippen LogP contribution in [0.15, 0.2) is 57.7 Å². The van der Waals surface area contributed by atoms with E-state index in [1.54, 1.807) is 0 Å². The Kier molecular flexibility index (Phi) is 10.7. The molecule has 0 saturated heterocycles. The first-order chi connectivity index (χ1) is 17.1. The van der Waals surface area contributed by atoms with E-state index in [0.29, 0.717) is 12.4 Å². The largest absolute Gasteiger partial charge is 0.507 e. The van der Waals surface area contributed by atoms with Crippen molar-refractivity contribution in [2.45, 2.75) is 71.1 Å². The maximum atomic E-state index is 12.5. The van der Waals surface area contributed by atoms with E-state index in [1.165, 1.54) is 63.1 Å². The highest BCUT2D eigenvalue weighted by Gasteiger charge is 2.14. The quantitative estimate of drug-likeness (QED) is 0.186. The number of ether oxygens (including phenoxy) is 2. The van der Waals surface area contributed by atoms with Crippen LogP contribution in [0.25, 0.3) is 22.3 Å². The van der Waals surface area contributed by atoms with E-state index in [2.05, 4.69) is 6.92 Å². The second-order valence-electron chi connectivity index (χ2n) is 8.85. The van der Waals surface area contributed by atoms with E-state index in [-0.39, 0.29) is 34.5 Å². The van der Waals surface area contributed by atoms with Gasteiger partial charge >= 0.3 is 5.97 Å². The summed E-state index contributed by atoms with van der Waals surface area (Å²) in [6.45, 7) is 2.32. The predicted octanol–water partition coefficient (Wildman–Crippen LogP) is 7.01. The normalized spacial score (nSPS) is 11.0. The number of carbonyl (C=O) groups is 1. The molecule has 0 unspecified atom stereocenters. The Hall–Kier alpha value is -3.28. The molecule has 188 valence electrons. The van der Waals surface area contributed by atoms with Crippen molar-refractivity contribution in [1.82, 2.24) is 0 Å². The smallest absolute Gasteiger partial charge is 0.344 e. The van der Waals surface area contributed by atoms with Gasteiger partial charge in [-0.1, -0.05) is 95.0 Å². The zero-order chi connectivity index (χ0) is 24.9. The Balaban J connectivity index is 1.42. The summed E-state index contributed by atoms with van der Waals surface area (Å²) >= 11 is 0. The second-order valence-corrected chi connectivity index (χ2v) is 8.85. The summed E-state index contributed by atoms with van der Waals surface area (Å²) in [5.41, 5.74) is 0.572. The van der Waals surface area contributed by atoms with Gasteiger partial charge in [0.05, 0.1) is 6.61 Å². The molecule has 0 aliphatic rings. The van der Waals surface area contributed by atoms with Crippen LogP contribution in [0.4, 0.5) is 0 Å². The standard InChI is InChI=1S/C29H36O6/c1-2-3-4-5-6-7-8-9-10-14-17-33-28(32)21-34-23-18-24(30)29-25(31)20-26(35-27(29)19-23)22-15-12-11-13-16-22/h11-13,15-16,18-20,30H,2-10,14,17,21H2,1H3. The maximum absolute atomic E-state index is 12.5. The van der Waals surface area contributed by atoms with Gasteiger partial charge in [-0.25, -0.2) is 4.79 Å². The SMILES string of the molecule is CCCCCCCCCCCCOC(=O)COc1cc(O)c2c(=O)cc(-c3ccccc3)oc2c1. The number of hydrogen-bond acceptors (Lipinski definition) is 6. The molecular formula is C29H36O6. The topological polar surface area (TPSA) is 86.0 Å². The van der Waals surface area contributed by atoms with Gasteiger partial charge in [0.2, 0.25) is 0 Å². The first-order valence-electron chi connectivity index (χ1n) is 12.7. The Labute approximate surface area is 206 Å². The van der Waals surface area contributed by atoms with Crippen LogP contribution in [0, 0.1) is 0 Å². The van der Waals surface area contributed by atoms with Crippen LogP contribution in [0.3, 0.4) is 0 Å². The van der Waals surface area contributed by atoms with E-state index in [9.17, 15) is 14.7 Å². The minimum atomic E-state index is -0.472. The molecule has 0 saturated carbocycles. The lowest BCUT2D eigenvalue weighted by molar-refractivity contribution is -0.146. The summed E-state index contributed by atoms with van der Waals surface area (Å²) in [5.74, 6) is -0.126. The van der Waals surface area contributed by atoms with E-state index in [1.807, 2.05) is 30.3 Å². The molecule has 0 aliphatic heterocycles. The number of rotatable bonds is 15. The molecule has 0 aliphatic carbocycles. The molecule has 1 aromatic heterocycles. The molecule has 0 atom stereocenters. The minimum absolute atomic E-state index is 0.0700. The van der Waals surface area contributed by atoms with Crippen molar-refractivity contribution in [3.63, 3.8) is 0 Å². The summed E-state index contributed by atoms with van der Waals surface area (Å²) in [6, 6.07) is 13.4. The molecule has 0 bridgehead atoms. The van der Waals surface area contributed by atoms with Gasteiger partial charge in [0, 0.05) is 23.8 Å². The average molecular weight is 481 g/mol. The van der Waals surface area contributed by atoms with Crippen LogP contribution >= 0.6 is 0 Å². The molecule has 0 fully saturated rings.